The molecule has 0 aromatic rings. The van der Waals surface area contributed by atoms with Gasteiger partial charge in [0.2, 0.25) is 0 Å². The van der Waals surface area contributed by atoms with E-state index in [1.807, 2.05) is 0 Å². The maximum Gasteiger partial charge on any atom is 0.0593 e. The molecule has 3 unspecified atom stereocenters. The molecular weight excluding hydrogens is 168 g/mol. The minimum absolute atomic E-state index is 0.133. The Bertz CT molecular complexity index is 115. The van der Waals surface area contributed by atoms with Crippen LogP contribution in [0.25, 0.3) is 0 Å². The van der Waals surface area contributed by atoms with Gasteiger partial charge in [-0.05, 0) is 26.7 Å². The molecule has 0 bridgehead atoms. The number of aliphatic hydroxyl groups excluding tert-OH is 3. The minimum Gasteiger partial charge on any atom is -0.397 e. The zero-order valence-corrected chi connectivity index (χ0v) is 8.61. The van der Waals surface area contributed by atoms with Crippen molar-refractivity contribution >= 4 is 0 Å². The predicted molar refractivity (Wildman–Crippen MR) is 52.4 cm³/mol. The van der Waals surface area contributed by atoms with Crippen molar-refractivity contribution in [3.8, 4) is 0 Å². The van der Waals surface area contributed by atoms with Crippen LogP contribution in [-0.4, -0.2) is 34.1 Å². The van der Waals surface area contributed by atoms with Crippen LogP contribution in [0.5, 0.6) is 0 Å². The fraction of sp³-hybridized carbons (Fsp3) is 1.00. The van der Waals surface area contributed by atoms with Gasteiger partial charge in [-0.1, -0.05) is 12.8 Å². The zero-order chi connectivity index (χ0) is 10.3. The van der Waals surface area contributed by atoms with Crippen LogP contribution in [0.1, 0.15) is 39.5 Å². The largest absolute Gasteiger partial charge is 0.397 e. The molecule has 0 amide bonds. The average Bonchev–Trinajstić information content (AvgIpc) is 2.06. The average molecular weight is 190 g/mol. The maximum atomic E-state index is 9.38. The summed E-state index contributed by atoms with van der Waals surface area (Å²) < 4.78 is 0. The van der Waals surface area contributed by atoms with Gasteiger partial charge in [-0.25, -0.2) is 0 Å². The Kier molecular flexibility index (Phi) is 7.23. The summed E-state index contributed by atoms with van der Waals surface area (Å²) in [7, 11) is 0. The van der Waals surface area contributed by atoms with E-state index in [0.29, 0.717) is 0 Å². The molecule has 13 heavy (non-hydrogen) atoms. The van der Waals surface area contributed by atoms with Crippen molar-refractivity contribution in [3.63, 3.8) is 0 Å². The molecule has 80 valence electrons. The summed E-state index contributed by atoms with van der Waals surface area (Å²) in [6.07, 6.45) is 3.54. The molecule has 0 aromatic carbocycles. The lowest BCUT2D eigenvalue weighted by Gasteiger charge is -2.29. The van der Waals surface area contributed by atoms with E-state index in [4.69, 9.17) is 5.11 Å². The van der Waals surface area contributed by atoms with Gasteiger partial charge in [-0.2, -0.15) is 0 Å². The first kappa shape index (κ1) is 12.9. The Hall–Kier alpha value is -0.120. The molecule has 0 heterocycles. The van der Waals surface area contributed by atoms with Gasteiger partial charge in [0.05, 0.1) is 12.2 Å². The van der Waals surface area contributed by atoms with Crippen LogP contribution in [0.2, 0.25) is 0 Å². The summed E-state index contributed by atoms with van der Waals surface area (Å²) in [6, 6.07) is 0. The number of hydrogen-bond donors (Lipinski definition) is 3. The summed E-state index contributed by atoms with van der Waals surface area (Å²) in [4.78, 5) is 0. The number of rotatable bonds is 1. The summed E-state index contributed by atoms with van der Waals surface area (Å²) in [5, 5.41) is 26.1. The Morgan fingerprint density at radius 1 is 1.31 bits per heavy atom. The fourth-order valence-corrected chi connectivity index (χ4v) is 1.70. The van der Waals surface area contributed by atoms with Gasteiger partial charge in [-0.3, -0.25) is 0 Å². The van der Waals surface area contributed by atoms with Crippen LogP contribution in [0.15, 0.2) is 0 Å². The number of aliphatic hydroxyl groups is 3. The van der Waals surface area contributed by atoms with Crippen molar-refractivity contribution in [1.29, 1.82) is 0 Å². The maximum absolute atomic E-state index is 9.38. The molecule has 3 heteroatoms. The highest BCUT2D eigenvalue weighted by molar-refractivity contribution is 4.77. The molecular formula is C10H22O3. The molecule has 1 rings (SSSR count). The van der Waals surface area contributed by atoms with Crippen molar-refractivity contribution in [2.75, 3.05) is 6.61 Å². The molecule has 0 saturated heterocycles. The smallest absolute Gasteiger partial charge is 0.0593 e. The van der Waals surface area contributed by atoms with Crippen molar-refractivity contribution in [2.24, 2.45) is 5.92 Å². The molecule has 0 radical (unpaired) electrons. The molecule has 3 nitrogen and oxygen atoms in total. The van der Waals surface area contributed by atoms with E-state index in [1.165, 1.54) is 0 Å². The third kappa shape index (κ3) is 5.24. The van der Waals surface area contributed by atoms with Crippen LogP contribution in [-0.2, 0) is 0 Å². The molecule has 1 aliphatic rings. The molecule has 0 aliphatic heterocycles. The Morgan fingerprint density at radius 3 is 2.08 bits per heavy atom. The Labute approximate surface area is 80.4 Å². The lowest BCUT2D eigenvalue weighted by atomic mass is 9.83. The van der Waals surface area contributed by atoms with Gasteiger partial charge < -0.3 is 15.3 Å². The quantitative estimate of drug-likeness (QED) is 0.576. The lowest BCUT2D eigenvalue weighted by Crippen LogP contribution is -2.32. The van der Waals surface area contributed by atoms with E-state index in [1.54, 1.807) is 13.8 Å². The zero-order valence-electron chi connectivity index (χ0n) is 8.61. The lowest BCUT2D eigenvalue weighted by molar-refractivity contribution is -0.00384. The second-order valence-corrected chi connectivity index (χ2v) is 3.57. The molecule has 1 saturated carbocycles. The summed E-state index contributed by atoms with van der Waals surface area (Å²) in [5.74, 6) is 0.133. The molecule has 0 spiro atoms. The molecule has 3 atom stereocenters. The highest BCUT2D eigenvalue weighted by atomic mass is 16.3. The predicted octanol–water partition coefficient (Wildman–Crippen LogP) is 0.917. The van der Waals surface area contributed by atoms with Gasteiger partial charge in [0, 0.05) is 12.5 Å². The van der Waals surface area contributed by atoms with Gasteiger partial charge in [0.25, 0.3) is 0 Å². The second kappa shape index (κ2) is 7.30. The van der Waals surface area contributed by atoms with E-state index in [-0.39, 0.29) is 24.7 Å². The molecule has 3 N–H and O–H groups in total. The van der Waals surface area contributed by atoms with E-state index in [0.717, 1.165) is 25.7 Å². The van der Waals surface area contributed by atoms with E-state index < -0.39 is 0 Å². The fourth-order valence-electron chi connectivity index (χ4n) is 1.70. The van der Waals surface area contributed by atoms with Crippen LogP contribution < -0.4 is 0 Å². The van der Waals surface area contributed by atoms with E-state index >= 15 is 0 Å². The highest BCUT2D eigenvalue weighted by Crippen LogP contribution is 2.26. The van der Waals surface area contributed by atoms with Crippen molar-refractivity contribution in [1.82, 2.24) is 0 Å². The van der Waals surface area contributed by atoms with Crippen LogP contribution in [0.3, 0.4) is 0 Å². The third-order valence-corrected chi connectivity index (χ3v) is 2.40. The summed E-state index contributed by atoms with van der Waals surface area (Å²) in [6.45, 7) is 3.69. The van der Waals surface area contributed by atoms with Gasteiger partial charge in [-0.15, -0.1) is 0 Å². The van der Waals surface area contributed by atoms with Crippen molar-refractivity contribution in [2.45, 2.75) is 51.7 Å². The summed E-state index contributed by atoms with van der Waals surface area (Å²) in [5.41, 5.74) is 0. The first-order valence-corrected chi connectivity index (χ1v) is 5.10. The number of hydrogen-bond acceptors (Lipinski definition) is 3. The Balaban J connectivity index is 0.000000424. The van der Waals surface area contributed by atoms with Crippen molar-refractivity contribution in [3.05, 3.63) is 0 Å². The topological polar surface area (TPSA) is 60.7 Å². The van der Waals surface area contributed by atoms with Crippen LogP contribution in [0, 0.1) is 5.92 Å². The first-order chi connectivity index (χ1) is 6.13. The SMILES string of the molecule is CC(O)C1CCCCC1O.CCO. The molecule has 0 aromatic heterocycles. The second-order valence-electron chi connectivity index (χ2n) is 3.57. The minimum atomic E-state index is -0.338. The normalized spacial score (nSPS) is 30.2. The van der Waals surface area contributed by atoms with Crippen LogP contribution in [0.4, 0.5) is 0 Å². The van der Waals surface area contributed by atoms with E-state index in [2.05, 4.69) is 0 Å². The summed E-state index contributed by atoms with van der Waals surface area (Å²) >= 11 is 0. The standard InChI is InChI=1S/C8H16O2.C2H6O/c1-6(9)7-4-2-3-5-8(7)10;1-2-3/h6-10H,2-5H2,1H3;3H,2H2,1H3. The third-order valence-electron chi connectivity index (χ3n) is 2.40. The highest BCUT2D eigenvalue weighted by Gasteiger charge is 2.26. The van der Waals surface area contributed by atoms with Gasteiger partial charge in [0.1, 0.15) is 0 Å². The Morgan fingerprint density at radius 2 is 1.77 bits per heavy atom. The van der Waals surface area contributed by atoms with E-state index in [9.17, 15) is 10.2 Å². The first-order valence-electron chi connectivity index (χ1n) is 5.10. The van der Waals surface area contributed by atoms with Crippen LogP contribution >= 0.6 is 0 Å². The molecule has 1 fully saturated rings. The van der Waals surface area contributed by atoms with Gasteiger partial charge >= 0.3 is 0 Å². The van der Waals surface area contributed by atoms with Crippen molar-refractivity contribution < 1.29 is 15.3 Å². The monoisotopic (exact) mass is 190 g/mol. The van der Waals surface area contributed by atoms with Gasteiger partial charge in [0.15, 0.2) is 0 Å². The molecule has 1 aliphatic carbocycles.